The minimum absolute atomic E-state index is 0.559. The molecule has 1 aromatic rings. The Morgan fingerprint density at radius 1 is 1.69 bits per heavy atom. The van der Waals surface area contributed by atoms with Gasteiger partial charge in [-0.2, -0.15) is 5.10 Å². The molecule has 1 aromatic heterocycles. The number of hydrogen-bond acceptors (Lipinski definition) is 3. The zero-order valence-corrected chi connectivity index (χ0v) is 9.47. The minimum atomic E-state index is 0.559. The number of nitrogens with one attached hydrogen (secondary N) is 1. The Morgan fingerprint density at radius 3 is 3.00 bits per heavy atom. The molecule has 0 saturated heterocycles. The van der Waals surface area contributed by atoms with Crippen molar-refractivity contribution in [3.8, 4) is 0 Å². The van der Waals surface area contributed by atoms with Gasteiger partial charge in [-0.1, -0.05) is 0 Å². The molecule has 0 aliphatic carbocycles. The van der Waals surface area contributed by atoms with Crippen LogP contribution in [0.4, 0.5) is 0 Å². The molecule has 0 fully saturated rings. The lowest BCUT2D eigenvalue weighted by Crippen LogP contribution is -2.14. The molecular weight excluding hydrogens is 234 g/mol. The van der Waals surface area contributed by atoms with Gasteiger partial charge in [0.25, 0.3) is 0 Å². The SMILES string of the molecule is CNCCOCc1nn(C)cc1Br. The Balaban J connectivity index is 2.32. The van der Waals surface area contributed by atoms with Crippen molar-refractivity contribution in [1.82, 2.24) is 15.1 Å². The second kappa shape index (κ2) is 5.36. The molecule has 0 radical (unpaired) electrons. The van der Waals surface area contributed by atoms with Crippen molar-refractivity contribution < 1.29 is 4.74 Å². The maximum Gasteiger partial charge on any atom is 0.102 e. The molecule has 0 unspecified atom stereocenters. The van der Waals surface area contributed by atoms with Gasteiger partial charge in [-0.3, -0.25) is 4.68 Å². The number of aromatic nitrogens is 2. The van der Waals surface area contributed by atoms with Crippen molar-refractivity contribution in [3.63, 3.8) is 0 Å². The van der Waals surface area contributed by atoms with Gasteiger partial charge in [0.05, 0.1) is 17.7 Å². The Bertz CT molecular complexity index is 262. The summed E-state index contributed by atoms with van der Waals surface area (Å²) in [5.41, 5.74) is 0.943. The average molecular weight is 248 g/mol. The molecule has 0 aliphatic rings. The summed E-state index contributed by atoms with van der Waals surface area (Å²) in [6, 6.07) is 0. The summed E-state index contributed by atoms with van der Waals surface area (Å²) in [6.45, 7) is 2.13. The molecule has 1 heterocycles. The molecule has 0 saturated carbocycles. The highest BCUT2D eigenvalue weighted by atomic mass is 79.9. The van der Waals surface area contributed by atoms with Crippen LogP contribution in [-0.4, -0.2) is 30.0 Å². The quantitative estimate of drug-likeness (QED) is 0.787. The van der Waals surface area contributed by atoms with Crippen molar-refractivity contribution in [3.05, 3.63) is 16.4 Å². The van der Waals surface area contributed by atoms with Gasteiger partial charge >= 0.3 is 0 Å². The fourth-order valence-electron chi connectivity index (χ4n) is 0.946. The number of aryl methyl sites for hydroxylation is 1. The predicted molar refractivity (Wildman–Crippen MR) is 54.5 cm³/mol. The van der Waals surface area contributed by atoms with Crippen LogP contribution in [-0.2, 0) is 18.4 Å². The maximum atomic E-state index is 5.39. The molecule has 1 N–H and O–H groups in total. The van der Waals surface area contributed by atoms with E-state index in [0.717, 1.165) is 16.7 Å². The molecule has 4 nitrogen and oxygen atoms in total. The van der Waals surface area contributed by atoms with E-state index < -0.39 is 0 Å². The highest BCUT2D eigenvalue weighted by Crippen LogP contribution is 2.14. The van der Waals surface area contributed by atoms with Crippen molar-refractivity contribution in [2.45, 2.75) is 6.61 Å². The number of rotatable bonds is 5. The van der Waals surface area contributed by atoms with E-state index in [0.29, 0.717) is 13.2 Å². The standard InChI is InChI=1S/C8H14BrN3O/c1-10-3-4-13-6-8-7(9)5-12(2)11-8/h5,10H,3-4,6H2,1-2H3. The molecular formula is C8H14BrN3O. The number of likely N-dealkylation sites (N-methyl/N-ethyl adjacent to an activating group) is 1. The van der Waals surface area contributed by atoms with Gasteiger partial charge in [0.15, 0.2) is 0 Å². The Labute approximate surface area is 86.4 Å². The van der Waals surface area contributed by atoms with Gasteiger partial charge in [-0.05, 0) is 23.0 Å². The highest BCUT2D eigenvalue weighted by molar-refractivity contribution is 9.10. The first-order chi connectivity index (χ1) is 6.24. The molecule has 13 heavy (non-hydrogen) atoms. The first kappa shape index (κ1) is 10.7. The van der Waals surface area contributed by atoms with E-state index in [1.54, 1.807) is 4.68 Å². The normalized spacial score (nSPS) is 10.7. The lowest BCUT2D eigenvalue weighted by atomic mass is 10.5. The minimum Gasteiger partial charge on any atom is -0.374 e. The van der Waals surface area contributed by atoms with Gasteiger partial charge < -0.3 is 10.1 Å². The predicted octanol–water partition coefficient (Wildman–Crippen LogP) is 0.919. The zero-order chi connectivity index (χ0) is 9.68. The van der Waals surface area contributed by atoms with Crippen LogP contribution in [0, 0.1) is 0 Å². The van der Waals surface area contributed by atoms with E-state index >= 15 is 0 Å². The Hall–Kier alpha value is -0.390. The van der Waals surface area contributed by atoms with Crippen LogP contribution in [0.5, 0.6) is 0 Å². The average Bonchev–Trinajstić information content (AvgIpc) is 2.39. The lowest BCUT2D eigenvalue weighted by Gasteiger charge is -2.00. The van der Waals surface area contributed by atoms with Crippen LogP contribution in [0.25, 0.3) is 0 Å². The topological polar surface area (TPSA) is 39.1 Å². The summed E-state index contributed by atoms with van der Waals surface area (Å²) in [5.74, 6) is 0. The summed E-state index contributed by atoms with van der Waals surface area (Å²) in [7, 11) is 3.79. The summed E-state index contributed by atoms with van der Waals surface area (Å²) in [5, 5.41) is 7.24. The molecule has 5 heteroatoms. The largest absolute Gasteiger partial charge is 0.374 e. The highest BCUT2D eigenvalue weighted by Gasteiger charge is 2.03. The summed E-state index contributed by atoms with van der Waals surface area (Å²) >= 11 is 3.41. The second-order valence-corrected chi connectivity index (χ2v) is 3.61. The van der Waals surface area contributed by atoms with E-state index in [9.17, 15) is 0 Å². The summed E-state index contributed by atoms with van der Waals surface area (Å²) in [6.07, 6.45) is 1.91. The third kappa shape index (κ3) is 3.46. The van der Waals surface area contributed by atoms with Gasteiger partial charge in [0, 0.05) is 19.8 Å². The third-order valence-corrected chi connectivity index (χ3v) is 2.25. The third-order valence-electron chi connectivity index (χ3n) is 1.59. The van der Waals surface area contributed by atoms with Crippen molar-refractivity contribution in [2.24, 2.45) is 7.05 Å². The van der Waals surface area contributed by atoms with Gasteiger partial charge in [0.2, 0.25) is 0 Å². The molecule has 1 rings (SSSR count). The number of halogens is 1. The van der Waals surface area contributed by atoms with Gasteiger partial charge in [-0.25, -0.2) is 0 Å². The van der Waals surface area contributed by atoms with Crippen molar-refractivity contribution in [2.75, 3.05) is 20.2 Å². The van der Waals surface area contributed by atoms with E-state index in [4.69, 9.17) is 4.74 Å². The fourth-order valence-corrected chi connectivity index (χ4v) is 1.44. The van der Waals surface area contributed by atoms with Crippen LogP contribution < -0.4 is 5.32 Å². The Morgan fingerprint density at radius 2 is 2.46 bits per heavy atom. The number of nitrogens with zero attached hydrogens (tertiary/aromatic N) is 2. The molecule has 0 aromatic carbocycles. The van der Waals surface area contributed by atoms with Crippen LogP contribution in [0.15, 0.2) is 10.7 Å². The van der Waals surface area contributed by atoms with E-state index in [1.807, 2.05) is 20.3 Å². The van der Waals surface area contributed by atoms with Gasteiger partial charge in [-0.15, -0.1) is 0 Å². The molecule has 0 bridgehead atoms. The van der Waals surface area contributed by atoms with Crippen LogP contribution in [0.1, 0.15) is 5.69 Å². The van der Waals surface area contributed by atoms with Crippen molar-refractivity contribution >= 4 is 15.9 Å². The van der Waals surface area contributed by atoms with E-state index in [1.165, 1.54) is 0 Å². The van der Waals surface area contributed by atoms with Crippen LogP contribution in [0.2, 0.25) is 0 Å². The second-order valence-electron chi connectivity index (χ2n) is 2.75. The fraction of sp³-hybridized carbons (Fsp3) is 0.625. The number of hydrogen-bond donors (Lipinski definition) is 1. The lowest BCUT2D eigenvalue weighted by molar-refractivity contribution is 0.120. The maximum absolute atomic E-state index is 5.39. The summed E-state index contributed by atoms with van der Waals surface area (Å²) < 4.78 is 8.15. The monoisotopic (exact) mass is 247 g/mol. The van der Waals surface area contributed by atoms with Crippen LogP contribution >= 0.6 is 15.9 Å². The Kier molecular flexibility index (Phi) is 4.41. The molecule has 74 valence electrons. The molecule has 0 atom stereocenters. The van der Waals surface area contributed by atoms with E-state index in [2.05, 4.69) is 26.3 Å². The van der Waals surface area contributed by atoms with Gasteiger partial charge in [0.1, 0.15) is 5.69 Å². The molecule has 0 spiro atoms. The zero-order valence-electron chi connectivity index (χ0n) is 7.88. The first-order valence-corrected chi connectivity index (χ1v) is 4.93. The van der Waals surface area contributed by atoms with Crippen molar-refractivity contribution in [1.29, 1.82) is 0 Å². The molecule has 0 aliphatic heterocycles. The van der Waals surface area contributed by atoms with E-state index in [-0.39, 0.29) is 0 Å². The molecule has 0 amide bonds. The number of ether oxygens (including phenoxy) is 1. The van der Waals surface area contributed by atoms with Crippen LogP contribution in [0.3, 0.4) is 0 Å². The smallest absolute Gasteiger partial charge is 0.102 e. The first-order valence-electron chi connectivity index (χ1n) is 4.14. The summed E-state index contributed by atoms with van der Waals surface area (Å²) in [4.78, 5) is 0.